The highest BCUT2D eigenvalue weighted by Crippen LogP contribution is 2.36. The van der Waals surface area contributed by atoms with Gasteiger partial charge in [-0.15, -0.1) is 0 Å². The number of nitrogens with zero attached hydrogens (tertiary/aromatic N) is 4. The molecular formula is C30H34F3N5O5. The van der Waals surface area contributed by atoms with Gasteiger partial charge >= 0.3 is 12.3 Å². The predicted octanol–water partition coefficient (Wildman–Crippen LogP) is 4.87. The molecule has 1 aliphatic rings. The van der Waals surface area contributed by atoms with Crippen LogP contribution >= 0.6 is 0 Å². The maximum absolute atomic E-state index is 13.6. The molecule has 2 atom stereocenters. The largest absolute Gasteiger partial charge is 0.494 e. The summed E-state index contributed by atoms with van der Waals surface area (Å²) in [5.41, 5.74) is 1.09. The number of piperidine rings is 1. The molecule has 0 spiro atoms. The van der Waals surface area contributed by atoms with Gasteiger partial charge in [0.15, 0.2) is 5.82 Å². The Balaban J connectivity index is 1.49. The van der Waals surface area contributed by atoms with Gasteiger partial charge in [0.1, 0.15) is 23.4 Å². The van der Waals surface area contributed by atoms with Crippen LogP contribution in [0.2, 0.25) is 0 Å². The number of benzene rings is 2. The topological polar surface area (TPSA) is 111 Å². The number of hydrogen-bond acceptors (Lipinski definition) is 6. The number of ether oxygens (including phenoxy) is 2. The van der Waals surface area contributed by atoms with E-state index in [1.54, 1.807) is 74.9 Å². The fourth-order valence-electron chi connectivity index (χ4n) is 5.47. The van der Waals surface area contributed by atoms with Gasteiger partial charge in [0, 0.05) is 36.6 Å². The SMILES string of the molecule is COc1cc(C(=O)N2CCC(O)C(NC(=O)OC(C)(C)C)C2)cc2nc(-c3cc4ccccc4n3CC(F)(F)F)n(C)c12. The molecule has 2 unspecified atom stereocenters. The molecule has 4 aromatic rings. The summed E-state index contributed by atoms with van der Waals surface area (Å²) in [4.78, 5) is 32.2. The van der Waals surface area contributed by atoms with Gasteiger partial charge in [-0.05, 0) is 51.5 Å². The number of aliphatic hydroxyl groups is 1. The number of halogens is 3. The molecule has 0 aliphatic carbocycles. The minimum atomic E-state index is -4.46. The lowest BCUT2D eigenvalue weighted by Gasteiger charge is -2.36. The number of aliphatic hydroxyl groups excluding tert-OH is 1. The van der Waals surface area contributed by atoms with E-state index >= 15 is 0 Å². The molecule has 1 fully saturated rings. The first-order valence-corrected chi connectivity index (χ1v) is 13.8. The zero-order chi connectivity index (χ0) is 31.3. The second-order valence-electron chi connectivity index (χ2n) is 11.7. The maximum atomic E-state index is 13.6. The summed E-state index contributed by atoms with van der Waals surface area (Å²) in [6.07, 6.45) is -5.78. The first kappa shape index (κ1) is 30.2. The van der Waals surface area contributed by atoms with Gasteiger partial charge in [0.25, 0.3) is 5.91 Å². The number of fused-ring (bicyclic) bond motifs is 2. The molecule has 0 saturated carbocycles. The van der Waals surface area contributed by atoms with E-state index in [0.29, 0.717) is 27.7 Å². The molecule has 5 rings (SSSR count). The van der Waals surface area contributed by atoms with E-state index in [0.717, 1.165) is 0 Å². The summed E-state index contributed by atoms with van der Waals surface area (Å²) in [6.45, 7) is 4.27. The number of hydrogen-bond donors (Lipinski definition) is 2. The van der Waals surface area contributed by atoms with E-state index in [4.69, 9.17) is 9.47 Å². The molecule has 2 aromatic heterocycles. The van der Waals surface area contributed by atoms with E-state index in [9.17, 15) is 27.9 Å². The molecule has 2 aromatic carbocycles. The summed E-state index contributed by atoms with van der Waals surface area (Å²) in [7, 11) is 3.12. The number of aryl methyl sites for hydroxylation is 1. The number of para-hydroxylation sites is 1. The highest BCUT2D eigenvalue weighted by molar-refractivity contribution is 6.00. The fraction of sp³-hybridized carbons (Fsp3) is 0.433. The average molecular weight is 602 g/mol. The number of carbonyl (C=O) groups excluding carboxylic acids is 2. The predicted molar refractivity (Wildman–Crippen MR) is 154 cm³/mol. The van der Waals surface area contributed by atoms with Gasteiger partial charge in [-0.3, -0.25) is 4.79 Å². The highest BCUT2D eigenvalue weighted by atomic mass is 19.4. The Hall–Kier alpha value is -4.26. The van der Waals surface area contributed by atoms with Crippen LogP contribution in [0.5, 0.6) is 5.75 Å². The van der Waals surface area contributed by atoms with Crippen LogP contribution in [0.1, 0.15) is 37.6 Å². The van der Waals surface area contributed by atoms with Crippen LogP contribution in [0.3, 0.4) is 0 Å². The fourth-order valence-corrected chi connectivity index (χ4v) is 5.47. The van der Waals surface area contributed by atoms with Crippen LogP contribution in [-0.2, 0) is 18.3 Å². The Morgan fingerprint density at radius 2 is 1.86 bits per heavy atom. The number of imidazole rings is 1. The molecule has 2 N–H and O–H groups in total. The summed E-state index contributed by atoms with van der Waals surface area (Å²) < 4.78 is 54.6. The Morgan fingerprint density at radius 1 is 1.14 bits per heavy atom. The smallest absolute Gasteiger partial charge is 0.408 e. The lowest BCUT2D eigenvalue weighted by Crippen LogP contribution is -2.57. The third-order valence-electron chi connectivity index (χ3n) is 7.34. The minimum Gasteiger partial charge on any atom is -0.494 e. The van der Waals surface area contributed by atoms with Crippen LogP contribution < -0.4 is 10.1 Å². The number of carbonyl (C=O) groups is 2. The molecule has 230 valence electrons. The van der Waals surface area contributed by atoms with Crippen molar-refractivity contribution in [2.75, 3.05) is 20.2 Å². The monoisotopic (exact) mass is 601 g/mol. The van der Waals surface area contributed by atoms with Crippen LogP contribution in [0.15, 0.2) is 42.5 Å². The van der Waals surface area contributed by atoms with E-state index in [-0.39, 0.29) is 42.5 Å². The van der Waals surface area contributed by atoms with Crippen LogP contribution in [0.25, 0.3) is 33.5 Å². The molecule has 13 heteroatoms. The van der Waals surface area contributed by atoms with Crippen molar-refractivity contribution in [1.29, 1.82) is 0 Å². The van der Waals surface area contributed by atoms with Gasteiger partial charge in [0.2, 0.25) is 0 Å². The normalized spacial score (nSPS) is 17.8. The number of methoxy groups -OCH3 is 1. The third-order valence-corrected chi connectivity index (χ3v) is 7.34. The number of rotatable bonds is 5. The number of alkyl halides is 3. The van der Waals surface area contributed by atoms with E-state index < -0.39 is 36.6 Å². The molecule has 3 heterocycles. The summed E-state index contributed by atoms with van der Waals surface area (Å²) in [5.74, 6) is 0.226. The second-order valence-corrected chi connectivity index (χ2v) is 11.7. The number of likely N-dealkylation sites (tertiary alicyclic amines) is 1. The van der Waals surface area contributed by atoms with Crippen molar-refractivity contribution in [1.82, 2.24) is 24.3 Å². The number of amides is 2. The average Bonchev–Trinajstić information content (AvgIpc) is 3.44. The van der Waals surface area contributed by atoms with E-state index in [1.165, 1.54) is 16.6 Å². The van der Waals surface area contributed by atoms with Crippen molar-refractivity contribution in [3.8, 4) is 17.3 Å². The molecule has 2 amide bonds. The van der Waals surface area contributed by atoms with E-state index in [1.807, 2.05) is 0 Å². The van der Waals surface area contributed by atoms with Gasteiger partial charge in [-0.1, -0.05) is 18.2 Å². The third kappa shape index (κ3) is 6.26. The lowest BCUT2D eigenvalue weighted by molar-refractivity contribution is -0.139. The standard InChI is InChI=1S/C30H34F3N5O5/c1-29(2,3)43-28(41)35-20-15-37(11-10-23(20)39)27(40)18-12-19-25(24(14-18)42-5)36(4)26(34-19)22-13-17-8-6-7-9-21(17)38(22)16-30(31,32)33/h6-9,12-14,20,23,39H,10-11,15-16H2,1-5H3,(H,35,41). The molecule has 43 heavy (non-hydrogen) atoms. The van der Waals surface area contributed by atoms with Crippen LogP contribution in [-0.4, -0.2) is 80.2 Å². The van der Waals surface area contributed by atoms with Crippen molar-refractivity contribution in [2.45, 2.75) is 57.7 Å². The van der Waals surface area contributed by atoms with Gasteiger partial charge in [-0.2, -0.15) is 13.2 Å². The van der Waals surface area contributed by atoms with Crippen LogP contribution in [0, 0.1) is 0 Å². The van der Waals surface area contributed by atoms with Crippen LogP contribution in [0.4, 0.5) is 18.0 Å². The molecular weight excluding hydrogens is 567 g/mol. The Labute approximate surface area is 246 Å². The van der Waals surface area contributed by atoms with Gasteiger partial charge in [-0.25, -0.2) is 9.78 Å². The lowest BCUT2D eigenvalue weighted by atomic mass is 10.0. The maximum Gasteiger partial charge on any atom is 0.408 e. The molecule has 1 saturated heterocycles. The van der Waals surface area contributed by atoms with Crippen molar-refractivity contribution in [2.24, 2.45) is 7.05 Å². The van der Waals surface area contributed by atoms with Gasteiger partial charge in [0.05, 0.1) is 30.5 Å². The Morgan fingerprint density at radius 3 is 2.53 bits per heavy atom. The minimum absolute atomic E-state index is 0.0462. The molecule has 1 aliphatic heterocycles. The summed E-state index contributed by atoms with van der Waals surface area (Å²) in [5, 5.41) is 13.8. The zero-order valence-corrected chi connectivity index (χ0v) is 24.5. The molecule has 0 radical (unpaired) electrons. The highest BCUT2D eigenvalue weighted by Gasteiger charge is 2.34. The van der Waals surface area contributed by atoms with Crippen molar-refractivity contribution in [3.63, 3.8) is 0 Å². The first-order valence-electron chi connectivity index (χ1n) is 13.8. The van der Waals surface area contributed by atoms with Crippen molar-refractivity contribution < 1.29 is 37.3 Å². The molecule has 10 nitrogen and oxygen atoms in total. The number of nitrogens with one attached hydrogen (secondary N) is 1. The van der Waals surface area contributed by atoms with Crippen molar-refractivity contribution >= 4 is 33.9 Å². The van der Waals surface area contributed by atoms with E-state index in [2.05, 4.69) is 10.3 Å². The first-order chi connectivity index (χ1) is 20.1. The number of alkyl carbamates (subject to hydrolysis) is 1. The Kier molecular flexibility index (Phi) is 7.80. The summed E-state index contributed by atoms with van der Waals surface area (Å²) in [6, 6.07) is 10.9. The number of aromatic nitrogens is 3. The van der Waals surface area contributed by atoms with Crippen molar-refractivity contribution in [3.05, 3.63) is 48.0 Å². The zero-order valence-electron chi connectivity index (χ0n) is 24.5. The second kappa shape index (κ2) is 11.1. The summed E-state index contributed by atoms with van der Waals surface area (Å²) >= 11 is 0. The quantitative estimate of drug-likeness (QED) is 0.338. The molecule has 0 bridgehead atoms. The van der Waals surface area contributed by atoms with Gasteiger partial charge < -0.3 is 33.9 Å². The Bertz CT molecular complexity index is 1690.